The molecule has 0 aliphatic carbocycles. The molecule has 0 spiro atoms. The fourth-order valence-corrected chi connectivity index (χ4v) is 1.53. The summed E-state index contributed by atoms with van der Waals surface area (Å²) in [4.78, 5) is 11.6. The van der Waals surface area contributed by atoms with Gasteiger partial charge in [0.2, 0.25) is 0 Å². The van der Waals surface area contributed by atoms with Gasteiger partial charge in [-0.25, -0.2) is 8.78 Å². The smallest absolute Gasteiger partial charge is 0.262 e. The van der Waals surface area contributed by atoms with E-state index in [1.165, 1.54) is 30.3 Å². The average molecular weight is 278 g/mol. The van der Waals surface area contributed by atoms with E-state index in [9.17, 15) is 13.6 Å². The number of carbonyl (C=O) groups is 1. The lowest BCUT2D eigenvalue weighted by Crippen LogP contribution is -2.21. The van der Waals surface area contributed by atoms with E-state index in [1.807, 2.05) is 0 Å². The molecule has 2 rings (SSSR count). The van der Waals surface area contributed by atoms with Crippen LogP contribution in [0.2, 0.25) is 0 Å². The highest BCUT2D eigenvalue weighted by atomic mass is 19.1. The van der Waals surface area contributed by atoms with Crippen molar-refractivity contribution in [2.24, 2.45) is 0 Å². The van der Waals surface area contributed by atoms with Crippen molar-refractivity contribution in [1.82, 2.24) is 0 Å². The van der Waals surface area contributed by atoms with Gasteiger partial charge in [-0.05, 0) is 30.3 Å². The Labute approximate surface area is 114 Å². The molecule has 4 nitrogen and oxygen atoms in total. The van der Waals surface area contributed by atoms with Crippen molar-refractivity contribution in [3.8, 4) is 5.75 Å². The summed E-state index contributed by atoms with van der Waals surface area (Å²) in [5, 5.41) is 2.30. The van der Waals surface area contributed by atoms with Gasteiger partial charge in [-0.2, -0.15) is 0 Å². The molecule has 20 heavy (non-hydrogen) atoms. The van der Waals surface area contributed by atoms with Crippen LogP contribution in [0.15, 0.2) is 42.5 Å². The van der Waals surface area contributed by atoms with E-state index in [4.69, 9.17) is 10.5 Å². The summed E-state index contributed by atoms with van der Waals surface area (Å²) in [6, 6.07) is 9.49. The summed E-state index contributed by atoms with van der Waals surface area (Å²) in [5.74, 6) is -1.85. The van der Waals surface area contributed by atoms with Gasteiger partial charge in [0.15, 0.2) is 18.2 Å². The molecule has 0 aliphatic rings. The number of nitrogens with two attached hydrogens (primary N) is 1. The van der Waals surface area contributed by atoms with Crippen LogP contribution in [0.4, 0.5) is 20.2 Å². The Kier molecular flexibility index (Phi) is 4.14. The molecule has 0 unspecified atom stereocenters. The molecular weight excluding hydrogens is 266 g/mol. The number of para-hydroxylation sites is 1. The molecule has 1 amide bonds. The summed E-state index contributed by atoms with van der Waals surface area (Å²) in [6.07, 6.45) is 0. The molecule has 104 valence electrons. The molecule has 0 radical (unpaired) electrons. The highest BCUT2D eigenvalue weighted by Gasteiger charge is 2.09. The van der Waals surface area contributed by atoms with Crippen molar-refractivity contribution in [3.63, 3.8) is 0 Å². The summed E-state index contributed by atoms with van der Waals surface area (Å²) < 4.78 is 31.6. The SMILES string of the molecule is Nc1ccc(F)c(NC(=O)COc2ccccc2F)c1. The van der Waals surface area contributed by atoms with E-state index < -0.39 is 24.1 Å². The van der Waals surface area contributed by atoms with Crippen LogP contribution in [0.1, 0.15) is 0 Å². The number of carbonyl (C=O) groups excluding carboxylic acids is 1. The molecule has 2 aromatic rings. The zero-order valence-corrected chi connectivity index (χ0v) is 10.4. The first kappa shape index (κ1) is 13.8. The van der Waals surface area contributed by atoms with Gasteiger partial charge >= 0.3 is 0 Å². The number of benzene rings is 2. The van der Waals surface area contributed by atoms with Gasteiger partial charge in [0, 0.05) is 5.69 Å². The molecule has 0 saturated heterocycles. The van der Waals surface area contributed by atoms with E-state index in [-0.39, 0.29) is 11.4 Å². The normalized spacial score (nSPS) is 10.1. The van der Waals surface area contributed by atoms with Crippen LogP contribution in [0, 0.1) is 11.6 Å². The Morgan fingerprint density at radius 1 is 1.15 bits per heavy atom. The standard InChI is InChI=1S/C14H12F2N2O2/c15-10-6-5-9(17)7-12(10)18-14(19)8-20-13-4-2-1-3-11(13)16/h1-7H,8,17H2,(H,18,19). The van der Waals surface area contributed by atoms with Crippen molar-refractivity contribution < 1.29 is 18.3 Å². The Balaban J connectivity index is 1.96. The second-order valence-corrected chi connectivity index (χ2v) is 4.01. The third-order valence-corrected chi connectivity index (χ3v) is 2.46. The lowest BCUT2D eigenvalue weighted by Gasteiger charge is -2.09. The van der Waals surface area contributed by atoms with Crippen LogP contribution in [0.25, 0.3) is 0 Å². The van der Waals surface area contributed by atoms with Gasteiger partial charge in [0.1, 0.15) is 5.82 Å². The van der Waals surface area contributed by atoms with Gasteiger partial charge in [0.25, 0.3) is 5.91 Å². The quantitative estimate of drug-likeness (QED) is 0.845. The van der Waals surface area contributed by atoms with Gasteiger partial charge in [-0.15, -0.1) is 0 Å². The van der Waals surface area contributed by atoms with Crippen molar-refractivity contribution in [1.29, 1.82) is 0 Å². The number of ether oxygens (including phenoxy) is 1. The van der Waals surface area contributed by atoms with Crippen LogP contribution in [0.3, 0.4) is 0 Å². The lowest BCUT2D eigenvalue weighted by molar-refractivity contribution is -0.118. The molecule has 6 heteroatoms. The largest absolute Gasteiger partial charge is 0.481 e. The summed E-state index contributed by atoms with van der Waals surface area (Å²) in [5.41, 5.74) is 5.76. The van der Waals surface area contributed by atoms with Crippen LogP contribution in [0.5, 0.6) is 5.75 Å². The Morgan fingerprint density at radius 2 is 1.90 bits per heavy atom. The topological polar surface area (TPSA) is 64.3 Å². The maximum Gasteiger partial charge on any atom is 0.262 e. The number of nitrogen functional groups attached to an aromatic ring is 1. The second-order valence-electron chi connectivity index (χ2n) is 4.01. The zero-order chi connectivity index (χ0) is 14.5. The number of anilines is 2. The highest BCUT2D eigenvalue weighted by Crippen LogP contribution is 2.18. The van der Waals surface area contributed by atoms with E-state index >= 15 is 0 Å². The first-order valence-corrected chi connectivity index (χ1v) is 5.78. The molecule has 3 N–H and O–H groups in total. The van der Waals surface area contributed by atoms with Crippen molar-refractivity contribution >= 4 is 17.3 Å². The third kappa shape index (κ3) is 3.44. The van der Waals surface area contributed by atoms with Crippen LogP contribution in [-0.2, 0) is 4.79 Å². The van der Waals surface area contributed by atoms with Crippen LogP contribution < -0.4 is 15.8 Å². The zero-order valence-electron chi connectivity index (χ0n) is 10.4. The summed E-state index contributed by atoms with van der Waals surface area (Å²) in [6.45, 7) is -0.435. The minimum atomic E-state index is -0.613. The predicted octanol–water partition coefficient (Wildman–Crippen LogP) is 2.56. The first-order chi connectivity index (χ1) is 9.56. The van der Waals surface area contributed by atoms with Crippen molar-refractivity contribution in [3.05, 3.63) is 54.1 Å². The third-order valence-electron chi connectivity index (χ3n) is 2.46. The van der Waals surface area contributed by atoms with Gasteiger partial charge in [0.05, 0.1) is 5.69 Å². The van der Waals surface area contributed by atoms with Crippen LogP contribution >= 0.6 is 0 Å². The van der Waals surface area contributed by atoms with Gasteiger partial charge in [-0.1, -0.05) is 12.1 Å². The molecule has 0 fully saturated rings. The summed E-state index contributed by atoms with van der Waals surface area (Å²) in [7, 11) is 0. The second kappa shape index (κ2) is 6.01. The van der Waals surface area contributed by atoms with Crippen molar-refractivity contribution in [2.75, 3.05) is 17.7 Å². The maximum atomic E-state index is 13.4. The fourth-order valence-electron chi connectivity index (χ4n) is 1.53. The van der Waals surface area contributed by atoms with Gasteiger partial charge in [-0.3, -0.25) is 4.79 Å². The van der Waals surface area contributed by atoms with E-state index in [0.717, 1.165) is 6.07 Å². The molecule has 0 aromatic heterocycles. The molecule has 0 aliphatic heterocycles. The molecule has 0 saturated carbocycles. The minimum absolute atomic E-state index is 0.0457. The molecule has 2 aromatic carbocycles. The fraction of sp³-hybridized carbons (Fsp3) is 0.0714. The van der Waals surface area contributed by atoms with E-state index in [1.54, 1.807) is 6.07 Å². The molecule has 0 bridgehead atoms. The predicted molar refractivity (Wildman–Crippen MR) is 71.3 cm³/mol. The number of hydrogen-bond acceptors (Lipinski definition) is 3. The number of nitrogens with one attached hydrogen (secondary N) is 1. The molecule has 0 heterocycles. The Morgan fingerprint density at radius 3 is 2.65 bits per heavy atom. The number of rotatable bonds is 4. The lowest BCUT2D eigenvalue weighted by atomic mass is 10.2. The summed E-state index contributed by atoms with van der Waals surface area (Å²) >= 11 is 0. The van der Waals surface area contributed by atoms with Crippen molar-refractivity contribution in [2.45, 2.75) is 0 Å². The Hall–Kier alpha value is -2.63. The van der Waals surface area contributed by atoms with E-state index in [2.05, 4.69) is 5.32 Å². The van der Waals surface area contributed by atoms with Crippen LogP contribution in [-0.4, -0.2) is 12.5 Å². The monoisotopic (exact) mass is 278 g/mol. The highest BCUT2D eigenvalue weighted by molar-refractivity contribution is 5.92. The first-order valence-electron chi connectivity index (χ1n) is 5.78. The molecular formula is C14H12F2N2O2. The van der Waals surface area contributed by atoms with Gasteiger partial charge < -0.3 is 15.8 Å². The maximum absolute atomic E-state index is 13.4. The minimum Gasteiger partial charge on any atom is -0.481 e. The van der Waals surface area contributed by atoms with E-state index in [0.29, 0.717) is 5.69 Å². The molecule has 0 atom stereocenters. The number of halogens is 2. The Bertz CT molecular complexity index is 632. The average Bonchev–Trinajstić information content (AvgIpc) is 2.42. The number of amides is 1. The number of hydrogen-bond donors (Lipinski definition) is 2.